The van der Waals surface area contributed by atoms with Crippen molar-refractivity contribution in [2.75, 3.05) is 0 Å². The molecule has 0 fully saturated rings. The van der Waals surface area contributed by atoms with Crippen LogP contribution in [0.25, 0.3) is 0 Å². The average molecular weight is 294 g/mol. The zero-order valence-electron chi connectivity index (χ0n) is 13.2. The summed E-state index contributed by atoms with van der Waals surface area (Å²) in [5.41, 5.74) is 0. The molecule has 1 atom stereocenters. The third-order valence-electron chi connectivity index (χ3n) is 3.12. The standard InChI is InChI=1S/C18H30O3/c1-2-3-11-14-17(19)15-12-9-7-5-4-6-8-10-13-16-18(20)21/h3,7,9,11-12,15,17,19H,2,4-6,8,10,13-14,16H2,1H3,(H,20,21)/b9-7+,11-3+,15-12+/t17-/m1/s1. The van der Waals surface area contributed by atoms with Crippen molar-refractivity contribution in [3.63, 3.8) is 0 Å². The fraction of sp³-hybridized carbons (Fsp3) is 0.611. The number of hydrogen-bond donors (Lipinski definition) is 2. The van der Waals surface area contributed by atoms with Gasteiger partial charge in [0, 0.05) is 6.42 Å². The van der Waals surface area contributed by atoms with Crippen molar-refractivity contribution < 1.29 is 15.0 Å². The predicted octanol–water partition coefficient (Wildman–Crippen LogP) is 4.63. The lowest BCUT2D eigenvalue weighted by molar-refractivity contribution is -0.137. The Hall–Kier alpha value is -1.35. The normalized spacial score (nSPS) is 13.6. The number of hydrogen-bond acceptors (Lipinski definition) is 2. The topological polar surface area (TPSA) is 57.5 Å². The van der Waals surface area contributed by atoms with Crippen LogP contribution in [0.1, 0.15) is 64.7 Å². The van der Waals surface area contributed by atoms with Crippen molar-refractivity contribution in [1.82, 2.24) is 0 Å². The first-order chi connectivity index (χ1) is 10.2. The van der Waals surface area contributed by atoms with Crippen molar-refractivity contribution in [3.8, 4) is 0 Å². The summed E-state index contributed by atoms with van der Waals surface area (Å²) in [7, 11) is 0. The maximum absolute atomic E-state index is 10.3. The van der Waals surface area contributed by atoms with Crippen molar-refractivity contribution >= 4 is 5.97 Å². The monoisotopic (exact) mass is 294 g/mol. The molecular formula is C18H30O3. The van der Waals surface area contributed by atoms with E-state index in [2.05, 4.69) is 19.1 Å². The molecule has 0 aromatic heterocycles. The molecule has 0 unspecified atom stereocenters. The molecule has 120 valence electrons. The molecule has 21 heavy (non-hydrogen) atoms. The Morgan fingerprint density at radius 3 is 2.43 bits per heavy atom. The molecule has 0 aliphatic heterocycles. The van der Waals surface area contributed by atoms with E-state index in [1.54, 1.807) is 0 Å². The maximum atomic E-state index is 10.3. The lowest BCUT2D eigenvalue weighted by atomic mass is 10.1. The summed E-state index contributed by atoms with van der Waals surface area (Å²) < 4.78 is 0. The molecule has 0 radical (unpaired) electrons. The Labute approximate surface area is 129 Å². The van der Waals surface area contributed by atoms with E-state index in [0.29, 0.717) is 12.8 Å². The Bertz CT molecular complexity index is 329. The highest BCUT2D eigenvalue weighted by Gasteiger charge is 1.96. The van der Waals surface area contributed by atoms with Gasteiger partial charge in [0.1, 0.15) is 0 Å². The SMILES string of the molecule is CC/C=C/C[C@@H](O)/C=C/C=C/CCCCCCCC(=O)O. The minimum absolute atomic E-state index is 0.292. The van der Waals surface area contributed by atoms with Gasteiger partial charge in [0.15, 0.2) is 0 Å². The van der Waals surface area contributed by atoms with Gasteiger partial charge in [-0.2, -0.15) is 0 Å². The first-order valence-corrected chi connectivity index (χ1v) is 8.05. The second-order valence-corrected chi connectivity index (χ2v) is 5.20. The molecule has 0 aromatic carbocycles. The highest BCUT2D eigenvalue weighted by molar-refractivity contribution is 5.66. The van der Waals surface area contributed by atoms with E-state index in [0.717, 1.165) is 44.9 Å². The number of aliphatic hydroxyl groups excluding tert-OH is 1. The van der Waals surface area contributed by atoms with Crippen molar-refractivity contribution in [3.05, 3.63) is 36.5 Å². The van der Waals surface area contributed by atoms with Crippen LogP contribution >= 0.6 is 0 Å². The molecule has 0 aliphatic carbocycles. The molecule has 0 aliphatic rings. The molecular weight excluding hydrogens is 264 g/mol. The number of rotatable bonds is 13. The van der Waals surface area contributed by atoms with Crippen LogP contribution in [-0.2, 0) is 4.79 Å². The molecule has 0 rings (SSSR count). The fourth-order valence-electron chi connectivity index (χ4n) is 1.92. The van der Waals surface area contributed by atoms with Gasteiger partial charge < -0.3 is 10.2 Å². The van der Waals surface area contributed by atoms with Crippen LogP contribution < -0.4 is 0 Å². The first-order valence-electron chi connectivity index (χ1n) is 8.05. The highest BCUT2D eigenvalue weighted by Crippen LogP contribution is 2.07. The quantitative estimate of drug-likeness (QED) is 0.296. The second kappa shape index (κ2) is 15.0. The molecule has 0 amide bonds. The molecule has 0 spiro atoms. The third kappa shape index (κ3) is 16.6. The second-order valence-electron chi connectivity index (χ2n) is 5.20. The molecule has 3 heteroatoms. The van der Waals surface area contributed by atoms with Crippen LogP contribution in [-0.4, -0.2) is 22.3 Å². The molecule has 0 aromatic rings. The number of allylic oxidation sites excluding steroid dienone is 4. The summed E-state index contributed by atoms with van der Waals surface area (Å²) in [5, 5.41) is 18.1. The smallest absolute Gasteiger partial charge is 0.303 e. The predicted molar refractivity (Wildman–Crippen MR) is 88.3 cm³/mol. The first kappa shape index (κ1) is 19.7. The van der Waals surface area contributed by atoms with Gasteiger partial charge in [0.05, 0.1) is 6.10 Å². The Kier molecular flexibility index (Phi) is 14.1. The zero-order chi connectivity index (χ0) is 15.8. The summed E-state index contributed by atoms with van der Waals surface area (Å²) in [6.45, 7) is 2.08. The summed E-state index contributed by atoms with van der Waals surface area (Å²) in [6, 6.07) is 0. The molecule has 0 heterocycles. The van der Waals surface area contributed by atoms with Gasteiger partial charge in [0.2, 0.25) is 0 Å². The Morgan fingerprint density at radius 2 is 1.71 bits per heavy atom. The van der Waals surface area contributed by atoms with E-state index in [1.165, 1.54) is 0 Å². The van der Waals surface area contributed by atoms with Gasteiger partial charge in [-0.15, -0.1) is 0 Å². The maximum Gasteiger partial charge on any atom is 0.303 e. The zero-order valence-corrected chi connectivity index (χ0v) is 13.2. The fourth-order valence-corrected chi connectivity index (χ4v) is 1.92. The van der Waals surface area contributed by atoms with Crippen LogP contribution in [0.4, 0.5) is 0 Å². The van der Waals surface area contributed by atoms with E-state index in [1.807, 2.05) is 24.3 Å². The van der Waals surface area contributed by atoms with Crippen LogP contribution in [0, 0.1) is 0 Å². The molecule has 0 saturated heterocycles. The average Bonchev–Trinajstić information content (AvgIpc) is 2.44. The third-order valence-corrected chi connectivity index (χ3v) is 3.12. The number of aliphatic carboxylic acids is 1. The van der Waals surface area contributed by atoms with Gasteiger partial charge in [-0.3, -0.25) is 4.79 Å². The number of carboxylic acids is 1. The highest BCUT2D eigenvalue weighted by atomic mass is 16.4. The summed E-state index contributed by atoms with van der Waals surface area (Å²) in [5.74, 6) is -0.697. The number of unbranched alkanes of at least 4 members (excludes halogenated alkanes) is 5. The van der Waals surface area contributed by atoms with E-state index < -0.39 is 12.1 Å². The van der Waals surface area contributed by atoms with E-state index in [9.17, 15) is 9.90 Å². The van der Waals surface area contributed by atoms with Gasteiger partial charge in [-0.05, 0) is 32.1 Å². The van der Waals surface area contributed by atoms with Crippen LogP contribution in [0.3, 0.4) is 0 Å². The van der Waals surface area contributed by atoms with Gasteiger partial charge in [0.25, 0.3) is 0 Å². The summed E-state index contributed by atoms with van der Waals surface area (Å²) >= 11 is 0. The van der Waals surface area contributed by atoms with Gasteiger partial charge in [-0.25, -0.2) is 0 Å². The van der Waals surface area contributed by atoms with Gasteiger partial charge in [-0.1, -0.05) is 62.6 Å². The Balaban J connectivity index is 3.43. The summed E-state index contributed by atoms with van der Waals surface area (Å²) in [4.78, 5) is 10.3. The lowest BCUT2D eigenvalue weighted by Crippen LogP contribution is -1.98. The van der Waals surface area contributed by atoms with Crippen LogP contribution in [0.5, 0.6) is 0 Å². The van der Waals surface area contributed by atoms with Crippen molar-refractivity contribution in [1.29, 1.82) is 0 Å². The van der Waals surface area contributed by atoms with E-state index in [4.69, 9.17) is 5.11 Å². The molecule has 0 bridgehead atoms. The van der Waals surface area contributed by atoms with Gasteiger partial charge >= 0.3 is 5.97 Å². The lowest BCUT2D eigenvalue weighted by Gasteiger charge is -1.99. The Morgan fingerprint density at radius 1 is 1.00 bits per heavy atom. The minimum Gasteiger partial charge on any atom is -0.481 e. The van der Waals surface area contributed by atoms with Crippen molar-refractivity contribution in [2.45, 2.75) is 70.8 Å². The van der Waals surface area contributed by atoms with Crippen molar-refractivity contribution in [2.24, 2.45) is 0 Å². The largest absolute Gasteiger partial charge is 0.481 e. The minimum atomic E-state index is -0.697. The molecule has 3 nitrogen and oxygen atoms in total. The summed E-state index contributed by atoms with van der Waals surface area (Å²) in [6.07, 6.45) is 19.7. The van der Waals surface area contributed by atoms with Crippen LogP contribution in [0.15, 0.2) is 36.5 Å². The number of carboxylic acid groups (broad SMARTS) is 1. The van der Waals surface area contributed by atoms with E-state index in [-0.39, 0.29) is 0 Å². The number of carbonyl (C=O) groups is 1. The van der Waals surface area contributed by atoms with E-state index >= 15 is 0 Å². The molecule has 0 saturated carbocycles. The molecule has 2 N–H and O–H groups in total. The van der Waals surface area contributed by atoms with Crippen LogP contribution in [0.2, 0.25) is 0 Å². The number of aliphatic hydroxyl groups is 1.